The molecule has 7 nitrogen and oxygen atoms in total. The van der Waals surface area contributed by atoms with Crippen LogP contribution in [0.1, 0.15) is 23.4 Å². The molecule has 0 amide bonds. The Kier molecular flexibility index (Phi) is 4.70. The first-order valence-corrected chi connectivity index (χ1v) is 9.32. The smallest absolute Gasteiger partial charge is 0.317 e. The van der Waals surface area contributed by atoms with Crippen LogP contribution in [0.2, 0.25) is 0 Å². The summed E-state index contributed by atoms with van der Waals surface area (Å²) in [6.45, 7) is 4.34. The Balaban J connectivity index is 1.72. The van der Waals surface area contributed by atoms with E-state index < -0.39 is 10.0 Å². The molecule has 1 saturated heterocycles. The highest BCUT2D eigenvalue weighted by atomic mass is 32.2. The van der Waals surface area contributed by atoms with Crippen molar-refractivity contribution in [3.63, 3.8) is 0 Å². The number of rotatable bonds is 4. The van der Waals surface area contributed by atoms with Crippen molar-refractivity contribution in [1.82, 2.24) is 14.3 Å². The van der Waals surface area contributed by atoms with Gasteiger partial charge in [0.2, 0.25) is 10.0 Å². The summed E-state index contributed by atoms with van der Waals surface area (Å²) in [5.74, 6) is 0. The highest BCUT2D eigenvalue weighted by molar-refractivity contribution is 7.89. The maximum absolute atomic E-state index is 12.7. The van der Waals surface area contributed by atoms with Gasteiger partial charge in [-0.3, -0.25) is 0 Å². The minimum absolute atomic E-state index is 0.176. The molecule has 2 heterocycles. The Bertz CT molecular complexity index is 900. The number of nitriles is 1. The van der Waals surface area contributed by atoms with Gasteiger partial charge in [0.15, 0.2) is 0 Å². The van der Waals surface area contributed by atoms with Gasteiger partial charge in [-0.15, -0.1) is 0 Å². The van der Waals surface area contributed by atoms with E-state index in [-0.39, 0.29) is 23.6 Å². The predicted molar refractivity (Wildman–Crippen MR) is 90.5 cm³/mol. The Hall–Kier alpha value is -2.50. The molecule has 0 radical (unpaired) electrons. The summed E-state index contributed by atoms with van der Waals surface area (Å²) >= 11 is 0. The number of hydrogen-bond acceptors (Lipinski definition) is 6. The van der Waals surface area contributed by atoms with Crippen LogP contribution in [0.15, 0.2) is 35.2 Å². The Morgan fingerprint density at radius 3 is 2.44 bits per heavy atom. The molecule has 1 aromatic heterocycles. The van der Waals surface area contributed by atoms with Crippen molar-refractivity contribution in [2.75, 3.05) is 13.1 Å². The van der Waals surface area contributed by atoms with Crippen LogP contribution >= 0.6 is 0 Å². The van der Waals surface area contributed by atoms with Crippen LogP contribution in [0.25, 0.3) is 0 Å². The first-order chi connectivity index (χ1) is 11.9. The van der Waals surface area contributed by atoms with E-state index in [0.717, 1.165) is 11.4 Å². The Morgan fingerprint density at radius 1 is 1.20 bits per heavy atom. The average molecular weight is 358 g/mol. The van der Waals surface area contributed by atoms with Crippen molar-refractivity contribution in [2.45, 2.75) is 31.3 Å². The summed E-state index contributed by atoms with van der Waals surface area (Å²) in [4.78, 5) is 8.64. The molecule has 0 saturated carbocycles. The van der Waals surface area contributed by atoms with Gasteiger partial charge in [-0.2, -0.15) is 9.57 Å². The number of benzene rings is 1. The standard InChI is InChI=1S/C17H18N4O3S/c1-12-9-13(2)20-17(19-12)24-15-7-8-21(11-15)25(22,23)16-5-3-14(10-18)4-6-16/h3-6,9,15H,7-8,11H2,1-2H3/t15-/m1/s1. The van der Waals surface area contributed by atoms with Crippen LogP contribution in [0.3, 0.4) is 0 Å². The van der Waals surface area contributed by atoms with E-state index in [0.29, 0.717) is 18.5 Å². The molecule has 8 heteroatoms. The summed E-state index contributed by atoms with van der Waals surface area (Å²) in [6.07, 6.45) is 0.292. The van der Waals surface area contributed by atoms with E-state index in [1.165, 1.54) is 28.6 Å². The van der Waals surface area contributed by atoms with Crippen LogP contribution in [0.5, 0.6) is 6.01 Å². The van der Waals surface area contributed by atoms with E-state index in [1.54, 1.807) is 0 Å². The van der Waals surface area contributed by atoms with Gasteiger partial charge in [-0.25, -0.2) is 18.4 Å². The summed E-state index contributed by atoms with van der Waals surface area (Å²) in [5, 5.41) is 8.82. The van der Waals surface area contributed by atoms with Crippen molar-refractivity contribution >= 4 is 10.0 Å². The molecule has 1 aromatic carbocycles. The maximum Gasteiger partial charge on any atom is 0.317 e. The lowest BCUT2D eigenvalue weighted by atomic mass is 10.2. The summed E-state index contributed by atoms with van der Waals surface area (Å²) in [6, 6.07) is 10.0. The number of ether oxygens (including phenoxy) is 1. The van der Waals surface area contributed by atoms with E-state index in [9.17, 15) is 8.42 Å². The molecule has 1 fully saturated rings. The van der Waals surface area contributed by atoms with Crippen molar-refractivity contribution in [3.8, 4) is 12.1 Å². The fourth-order valence-electron chi connectivity index (χ4n) is 2.76. The van der Waals surface area contributed by atoms with Gasteiger partial charge < -0.3 is 4.74 Å². The van der Waals surface area contributed by atoms with Crippen LogP contribution in [0.4, 0.5) is 0 Å². The number of sulfonamides is 1. The maximum atomic E-state index is 12.7. The van der Waals surface area contributed by atoms with Crippen LogP contribution < -0.4 is 4.74 Å². The molecule has 0 unspecified atom stereocenters. The highest BCUT2D eigenvalue weighted by Gasteiger charge is 2.34. The van der Waals surface area contributed by atoms with Crippen LogP contribution in [0, 0.1) is 25.2 Å². The lowest BCUT2D eigenvalue weighted by Gasteiger charge is -2.17. The first-order valence-electron chi connectivity index (χ1n) is 7.88. The first kappa shape index (κ1) is 17.3. The third kappa shape index (κ3) is 3.78. The number of hydrogen-bond donors (Lipinski definition) is 0. The second-order valence-electron chi connectivity index (χ2n) is 5.96. The second kappa shape index (κ2) is 6.78. The van der Waals surface area contributed by atoms with Gasteiger partial charge in [-0.05, 0) is 50.6 Å². The summed E-state index contributed by atoms with van der Waals surface area (Å²) < 4.78 is 32.5. The van der Waals surface area contributed by atoms with Crippen molar-refractivity contribution in [1.29, 1.82) is 5.26 Å². The fraction of sp³-hybridized carbons (Fsp3) is 0.353. The van der Waals surface area contributed by atoms with Gasteiger partial charge in [0.25, 0.3) is 0 Å². The minimum Gasteiger partial charge on any atom is -0.459 e. The molecule has 1 aliphatic heterocycles. The van der Waals surface area contributed by atoms with Crippen LogP contribution in [-0.2, 0) is 10.0 Å². The largest absolute Gasteiger partial charge is 0.459 e. The number of nitrogens with zero attached hydrogens (tertiary/aromatic N) is 4. The lowest BCUT2D eigenvalue weighted by Crippen LogP contribution is -2.31. The predicted octanol–water partition coefficient (Wildman–Crippen LogP) is 1.81. The Labute approximate surface area is 147 Å². The molecule has 25 heavy (non-hydrogen) atoms. The Morgan fingerprint density at radius 2 is 1.84 bits per heavy atom. The highest BCUT2D eigenvalue weighted by Crippen LogP contribution is 2.23. The van der Waals surface area contributed by atoms with Gasteiger partial charge in [0.1, 0.15) is 6.10 Å². The normalized spacial score (nSPS) is 18.0. The van der Waals surface area contributed by atoms with E-state index in [2.05, 4.69) is 9.97 Å². The average Bonchev–Trinajstić information content (AvgIpc) is 3.03. The third-order valence-corrected chi connectivity index (χ3v) is 5.84. The molecule has 2 aromatic rings. The van der Waals surface area contributed by atoms with Crippen molar-refractivity contribution < 1.29 is 13.2 Å². The van der Waals surface area contributed by atoms with Crippen LogP contribution in [-0.4, -0.2) is 41.9 Å². The number of aryl methyl sites for hydroxylation is 2. The topological polar surface area (TPSA) is 96.2 Å². The molecule has 1 atom stereocenters. The van der Waals surface area contributed by atoms with Gasteiger partial charge >= 0.3 is 6.01 Å². The summed E-state index contributed by atoms with van der Waals surface area (Å²) in [7, 11) is -3.60. The third-order valence-electron chi connectivity index (χ3n) is 3.96. The zero-order chi connectivity index (χ0) is 18.0. The molecule has 0 aliphatic carbocycles. The molecule has 130 valence electrons. The van der Waals surface area contributed by atoms with E-state index in [4.69, 9.17) is 10.00 Å². The quantitative estimate of drug-likeness (QED) is 0.827. The fourth-order valence-corrected chi connectivity index (χ4v) is 4.24. The minimum atomic E-state index is -3.60. The lowest BCUT2D eigenvalue weighted by molar-refractivity contribution is 0.197. The zero-order valence-corrected chi connectivity index (χ0v) is 14.8. The molecule has 0 N–H and O–H groups in total. The van der Waals surface area contributed by atoms with Crippen molar-refractivity contribution in [3.05, 3.63) is 47.3 Å². The molecule has 1 aliphatic rings. The molecule has 0 spiro atoms. The van der Waals surface area contributed by atoms with E-state index >= 15 is 0 Å². The molecule has 3 rings (SSSR count). The molecular weight excluding hydrogens is 340 g/mol. The van der Waals surface area contributed by atoms with Gasteiger partial charge in [-0.1, -0.05) is 0 Å². The monoisotopic (exact) mass is 358 g/mol. The SMILES string of the molecule is Cc1cc(C)nc(O[C@@H]2CCN(S(=O)(=O)c3ccc(C#N)cc3)C2)n1. The number of aromatic nitrogens is 2. The molecule has 0 bridgehead atoms. The van der Waals surface area contributed by atoms with Gasteiger partial charge in [0, 0.05) is 17.9 Å². The summed E-state index contributed by atoms with van der Waals surface area (Å²) in [5.41, 5.74) is 2.04. The van der Waals surface area contributed by atoms with Gasteiger partial charge in [0.05, 0.1) is 23.1 Å². The molecular formula is C17H18N4O3S. The second-order valence-corrected chi connectivity index (χ2v) is 7.90. The van der Waals surface area contributed by atoms with Crippen molar-refractivity contribution in [2.24, 2.45) is 0 Å². The zero-order valence-electron chi connectivity index (χ0n) is 14.0. The van der Waals surface area contributed by atoms with E-state index in [1.807, 2.05) is 26.0 Å².